The summed E-state index contributed by atoms with van der Waals surface area (Å²) < 4.78 is 22.6. The molecule has 0 aromatic heterocycles. The number of methoxy groups -OCH3 is 1. The normalized spacial score (nSPS) is 12.1. The van der Waals surface area contributed by atoms with E-state index in [2.05, 4.69) is 0 Å². The molecule has 37 heavy (non-hydrogen) atoms. The van der Waals surface area contributed by atoms with Gasteiger partial charge < -0.3 is 18.9 Å². The van der Waals surface area contributed by atoms with Crippen LogP contribution < -0.4 is 14.2 Å². The van der Waals surface area contributed by atoms with E-state index >= 15 is 0 Å². The fraction of sp³-hybridized carbons (Fsp3) is 0.433. The van der Waals surface area contributed by atoms with E-state index in [0.717, 1.165) is 11.1 Å². The van der Waals surface area contributed by atoms with Gasteiger partial charge in [-0.3, -0.25) is 14.4 Å². The van der Waals surface area contributed by atoms with Crippen LogP contribution in [0.15, 0.2) is 36.1 Å². The molecule has 0 aliphatic rings. The summed E-state index contributed by atoms with van der Waals surface area (Å²) in [5.41, 5.74) is 0.935. The van der Waals surface area contributed by atoms with Gasteiger partial charge in [0.05, 0.1) is 30.1 Å². The Labute approximate surface area is 219 Å². The average Bonchev–Trinajstić information content (AvgIpc) is 2.80. The molecule has 0 aliphatic carbocycles. The zero-order valence-electron chi connectivity index (χ0n) is 23.5. The molecule has 2 aromatic rings. The van der Waals surface area contributed by atoms with Crippen LogP contribution in [0.25, 0.3) is 6.08 Å². The standard InChI is InChI=1S/C30H38O7/c1-11-35-25-18(2)16-19(3)26(37-28(33)30(7,8)9)22(25)17-23(34-10)24(31)20-12-14-21(15-13-20)36-27(32)29(4,5)6/h12-17H,11H2,1-10H3. The monoisotopic (exact) mass is 510 g/mol. The minimum atomic E-state index is -0.734. The topological polar surface area (TPSA) is 88.1 Å². The van der Waals surface area contributed by atoms with Crippen molar-refractivity contribution in [1.82, 2.24) is 0 Å². The quantitative estimate of drug-likeness (QED) is 0.132. The molecule has 0 spiro atoms. The molecular weight excluding hydrogens is 472 g/mol. The lowest BCUT2D eigenvalue weighted by molar-refractivity contribution is -0.143. The zero-order chi connectivity index (χ0) is 28.1. The Hall–Kier alpha value is -3.61. The molecule has 7 nitrogen and oxygen atoms in total. The molecule has 0 radical (unpaired) electrons. The van der Waals surface area contributed by atoms with Gasteiger partial charge in [-0.25, -0.2) is 0 Å². The molecule has 7 heteroatoms. The molecule has 2 rings (SSSR count). The molecular formula is C30H38O7. The number of esters is 2. The van der Waals surface area contributed by atoms with Crippen molar-refractivity contribution in [2.24, 2.45) is 10.8 Å². The van der Waals surface area contributed by atoms with Gasteiger partial charge in [0, 0.05) is 5.56 Å². The van der Waals surface area contributed by atoms with Gasteiger partial charge in [-0.15, -0.1) is 0 Å². The first-order valence-corrected chi connectivity index (χ1v) is 12.2. The second kappa shape index (κ2) is 11.6. The van der Waals surface area contributed by atoms with Crippen molar-refractivity contribution >= 4 is 23.8 Å². The summed E-state index contributed by atoms with van der Waals surface area (Å²) in [6.07, 6.45) is 1.53. The van der Waals surface area contributed by atoms with E-state index in [1.165, 1.54) is 13.2 Å². The van der Waals surface area contributed by atoms with Crippen LogP contribution in [0.4, 0.5) is 0 Å². The highest BCUT2D eigenvalue weighted by atomic mass is 16.5. The summed E-state index contributed by atoms with van der Waals surface area (Å²) >= 11 is 0. The van der Waals surface area contributed by atoms with Gasteiger partial charge in [0.2, 0.25) is 5.78 Å². The summed E-state index contributed by atoms with van der Waals surface area (Å²) in [5.74, 6) is -0.0210. The third-order valence-corrected chi connectivity index (χ3v) is 5.39. The first-order chi connectivity index (χ1) is 17.1. The van der Waals surface area contributed by atoms with Crippen molar-refractivity contribution in [3.63, 3.8) is 0 Å². The molecule has 0 fully saturated rings. The van der Waals surface area contributed by atoms with E-state index in [4.69, 9.17) is 18.9 Å². The number of aryl methyl sites for hydroxylation is 2. The fourth-order valence-electron chi connectivity index (χ4n) is 3.26. The maximum Gasteiger partial charge on any atom is 0.316 e. The lowest BCUT2D eigenvalue weighted by atomic mass is 9.96. The van der Waals surface area contributed by atoms with E-state index in [0.29, 0.717) is 35.0 Å². The van der Waals surface area contributed by atoms with Crippen LogP contribution in [0, 0.1) is 24.7 Å². The summed E-state index contributed by atoms with van der Waals surface area (Å²) in [6, 6.07) is 8.11. The number of hydrogen-bond acceptors (Lipinski definition) is 7. The smallest absolute Gasteiger partial charge is 0.316 e. The summed E-state index contributed by atoms with van der Waals surface area (Å²) in [7, 11) is 1.40. The molecule has 200 valence electrons. The molecule has 0 unspecified atom stereocenters. The van der Waals surface area contributed by atoms with Crippen molar-refractivity contribution in [1.29, 1.82) is 0 Å². The highest BCUT2D eigenvalue weighted by Gasteiger charge is 2.28. The minimum absolute atomic E-state index is 0.0263. The molecule has 0 N–H and O–H groups in total. The van der Waals surface area contributed by atoms with E-state index < -0.39 is 22.6 Å². The molecule has 0 atom stereocenters. The molecule has 0 bridgehead atoms. The van der Waals surface area contributed by atoms with Gasteiger partial charge in [0.15, 0.2) is 5.76 Å². The second-order valence-electron chi connectivity index (χ2n) is 10.9. The van der Waals surface area contributed by atoms with Crippen molar-refractivity contribution in [2.75, 3.05) is 13.7 Å². The first-order valence-electron chi connectivity index (χ1n) is 12.2. The van der Waals surface area contributed by atoms with Gasteiger partial charge in [0.1, 0.15) is 17.2 Å². The molecule has 0 heterocycles. The van der Waals surface area contributed by atoms with Crippen LogP contribution >= 0.6 is 0 Å². The fourth-order valence-corrected chi connectivity index (χ4v) is 3.26. The number of hydrogen-bond donors (Lipinski definition) is 0. The highest BCUT2D eigenvalue weighted by Crippen LogP contribution is 2.38. The number of carbonyl (C=O) groups excluding carboxylic acids is 3. The van der Waals surface area contributed by atoms with Gasteiger partial charge in [-0.1, -0.05) is 0 Å². The van der Waals surface area contributed by atoms with E-state index in [1.807, 2.05) is 26.8 Å². The van der Waals surface area contributed by atoms with Crippen LogP contribution in [-0.4, -0.2) is 31.4 Å². The predicted octanol–water partition coefficient (Wildman–Crippen LogP) is 6.48. The number of ether oxygens (including phenoxy) is 4. The summed E-state index contributed by atoms with van der Waals surface area (Å²) in [4.78, 5) is 38.3. The number of Topliss-reactive ketones (excluding diaryl/α,β-unsaturated/α-hetero) is 1. The highest BCUT2D eigenvalue weighted by molar-refractivity contribution is 6.10. The third-order valence-electron chi connectivity index (χ3n) is 5.39. The summed E-state index contributed by atoms with van der Waals surface area (Å²) in [6.45, 7) is 16.5. The van der Waals surface area contributed by atoms with Crippen molar-refractivity contribution in [3.8, 4) is 17.2 Å². The Morgan fingerprint density at radius 2 is 1.32 bits per heavy atom. The Morgan fingerprint density at radius 1 is 0.811 bits per heavy atom. The first kappa shape index (κ1) is 29.6. The van der Waals surface area contributed by atoms with E-state index in [9.17, 15) is 14.4 Å². The zero-order valence-corrected chi connectivity index (χ0v) is 23.5. The lowest BCUT2D eigenvalue weighted by Crippen LogP contribution is -2.26. The number of benzene rings is 2. The number of rotatable bonds is 8. The largest absolute Gasteiger partial charge is 0.493 e. The van der Waals surface area contributed by atoms with Gasteiger partial charge in [0.25, 0.3) is 0 Å². The average molecular weight is 511 g/mol. The van der Waals surface area contributed by atoms with Crippen molar-refractivity contribution in [3.05, 3.63) is 58.3 Å². The summed E-state index contributed by atoms with van der Waals surface area (Å²) in [5, 5.41) is 0. The van der Waals surface area contributed by atoms with Crippen molar-refractivity contribution < 1.29 is 33.3 Å². The predicted molar refractivity (Wildman–Crippen MR) is 143 cm³/mol. The van der Waals surface area contributed by atoms with Gasteiger partial charge >= 0.3 is 11.9 Å². The molecule has 0 aliphatic heterocycles. The Morgan fingerprint density at radius 3 is 1.81 bits per heavy atom. The maximum atomic E-state index is 13.4. The van der Waals surface area contributed by atoms with Crippen LogP contribution in [0.5, 0.6) is 17.2 Å². The number of allylic oxidation sites excluding steroid dienone is 1. The lowest BCUT2D eigenvalue weighted by Gasteiger charge is -2.21. The molecule has 2 aromatic carbocycles. The van der Waals surface area contributed by atoms with Crippen LogP contribution in [0.1, 0.15) is 75.5 Å². The SMILES string of the molecule is CCOc1c(C)cc(C)c(OC(=O)C(C)(C)C)c1C=C(OC)C(=O)c1ccc(OC(=O)C(C)(C)C)cc1. The van der Waals surface area contributed by atoms with Crippen LogP contribution in [0.2, 0.25) is 0 Å². The maximum absolute atomic E-state index is 13.4. The number of ketones is 1. The minimum Gasteiger partial charge on any atom is -0.493 e. The third kappa shape index (κ3) is 7.44. The Balaban J connectivity index is 2.54. The number of carbonyl (C=O) groups is 3. The Bertz CT molecular complexity index is 1190. The Kier molecular flexibility index (Phi) is 9.31. The van der Waals surface area contributed by atoms with Crippen LogP contribution in [-0.2, 0) is 14.3 Å². The molecule has 0 amide bonds. The molecule has 0 saturated carbocycles. The van der Waals surface area contributed by atoms with Gasteiger partial charge in [-0.2, -0.15) is 0 Å². The molecule has 0 saturated heterocycles. The van der Waals surface area contributed by atoms with E-state index in [1.54, 1.807) is 65.8 Å². The second-order valence-corrected chi connectivity index (χ2v) is 10.9. The van der Waals surface area contributed by atoms with Crippen LogP contribution in [0.3, 0.4) is 0 Å². The van der Waals surface area contributed by atoms with Crippen molar-refractivity contribution in [2.45, 2.75) is 62.3 Å². The van der Waals surface area contributed by atoms with Gasteiger partial charge in [-0.05, 0) is 110 Å². The van der Waals surface area contributed by atoms with E-state index in [-0.39, 0.29) is 11.7 Å².